The van der Waals surface area contributed by atoms with Crippen molar-refractivity contribution in [3.8, 4) is 11.5 Å². The van der Waals surface area contributed by atoms with Crippen molar-refractivity contribution in [1.82, 2.24) is 4.90 Å². The van der Waals surface area contributed by atoms with E-state index in [1.807, 2.05) is 25.1 Å². The number of carbonyl (C=O) groups is 1. The topological polar surface area (TPSA) is 69.0 Å². The van der Waals surface area contributed by atoms with E-state index in [4.69, 9.17) is 13.9 Å². The summed E-state index contributed by atoms with van der Waals surface area (Å²) in [5.41, 5.74) is 1.40. The standard InChI is InChI=1S/C25H27NO5/c1-5-26-22(16-10-11-19(20(14-16)29-4)30-13-12-15(2)3)21-23(27)17-8-6-7-9-18(17)31-24(21)25(26)28/h6-11,14-15,22H,5,12-13H2,1-4H3/t22-/m1/s1. The molecule has 6 nitrogen and oxygen atoms in total. The molecular formula is C25H27NO5. The van der Waals surface area contributed by atoms with Gasteiger partial charge < -0.3 is 18.8 Å². The van der Waals surface area contributed by atoms with Crippen LogP contribution in [0, 0.1) is 5.92 Å². The van der Waals surface area contributed by atoms with Crippen molar-refractivity contribution < 1.29 is 18.7 Å². The minimum atomic E-state index is -0.535. The number of carbonyl (C=O) groups excluding carboxylic acids is 1. The molecule has 1 amide bonds. The van der Waals surface area contributed by atoms with Crippen LogP contribution in [-0.4, -0.2) is 31.1 Å². The molecule has 0 spiro atoms. The molecule has 0 aliphatic carbocycles. The van der Waals surface area contributed by atoms with Crippen molar-refractivity contribution in [2.45, 2.75) is 33.2 Å². The lowest BCUT2D eigenvalue weighted by molar-refractivity contribution is 0.0737. The summed E-state index contributed by atoms with van der Waals surface area (Å²) >= 11 is 0. The molecule has 0 saturated heterocycles. The molecule has 31 heavy (non-hydrogen) atoms. The van der Waals surface area contributed by atoms with Crippen LogP contribution in [0.25, 0.3) is 11.0 Å². The fourth-order valence-electron chi connectivity index (χ4n) is 4.02. The Morgan fingerprint density at radius 3 is 2.58 bits per heavy atom. The van der Waals surface area contributed by atoms with E-state index in [0.29, 0.717) is 47.1 Å². The van der Waals surface area contributed by atoms with Crippen LogP contribution in [0.4, 0.5) is 0 Å². The summed E-state index contributed by atoms with van der Waals surface area (Å²) < 4.78 is 17.3. The van der Waals surface area contributed by atoms with E-state index in [2.05, 4.69) is 13.8 Å². The largest absolute Gasteiger partial charge is 0.493 e. The van der Waals surface area contributed by atoms with Gasteiger partial charge in [0.2, 0.25) is 5.76 Å². The SMILES string of the molecule is CCN1C(=O)c2oc3ccccc3c(=O)c2[C@H]1c1ccc(OCCC(C)C)c(OC)c1. The van der Waals surface area contributed by atoms with Gasteiger partial charge in [-0.3, -0.25) is 9.59 Å². The molecule has 1 aliphatic rings. The summed E-state index contributed by atoms with van der Waals surface area (Å²) in [7, 11) is 1.58. The Kier molecular flexibility index (Phi) is 5.72. The van der Waals surface area contributed by atoms with E-state index in [-0.39, 0.29) is 17.1 Å². The smallest absolute Gasteiger partial charge is 0.290 e. The number of ether oxygens (including phenoxy) is 2. The van der Waals surface area contributed by atoms with Gasteiger partial charge in [0.15, 0.2) is 16.9 Å². The van der Waals surface area contributed by atoms with Crippen LogP contribution >= 0.6 is 0 Å². The summed E-state index contributed by atoms with van der Waals surface area (Å²) in [6.45, 7) is 7.22. The van der Waals surface area contributed by atoms with Gasteiger partial charge in [0.25, 0.3) is 5.91 Å². The number of nitrogens with zero attached hydrogens (tertiary/aromatic N) is 1. The molecule has 3 aromatic rings. The number of amides is 1. The van der Waals surface area contributed by atoms with Gasteiger partial charge in [-0.15, -0.1) is 0 Å². The van der Waals surface area contributed by atoms with Crippen LogP contribution in [-0.2, 0) is 0 Å². The van der Waals surface area contributed by atoms with Gasteiger partial charge in [0, 0.05) is 6.54 Å². The molecule has 0 unspecified atom stereocenters. The van der Waals surface area contributed by atoms with Gasteiger partial charge in [-0.1, -0.05) is 32.0 Å². The summed E-state index contributed by atoms with van der Waals surface area (Å²) in [6.07, 6.45) is 0.938. The Hall–Kier alpha value is -3.28. The second kappa shape index (κ2) is 8.46. The molecule has 2 aromatic carbocycles. The highest BCUT2D eigenvalue weighted by molar-refractivity contribution is 5.99. The van der Waals surface area contributed by atoms with Gasteiger partial charge in [0.05, 0.1) is 30.7 Å². The predicted octanol–water partition coefficient (Wildman–Crippen LogP) is 4.79. The van der Waals surface area contributed by atoms with E-state index in [0.717, 1.165) is 12.0 Å². The molecule has 6 heteroatoms. The minimum Gasteiger partial charge on any atom is -0.493 e. The van der Waals surface area contributed by atoms with Gasteiger partial charge in [0.1, 0.15) is 5.58 Å². The van der Waals surface area contributed by atoms with Crippen LogP contribution in [0.3, 0.4) is 0 Å². The lowest BCUT2D eigenvalue weighted by atomic mass is 9.98. The molecule has 1 aliphatic heterocycles. The predicted molar refractivity (Wildman–Crippen MR) is 119 cm³/mol. The highest BCUT2D eigenvalue weighted by Gasteiger charge is 2.42. The number of hydrogen-bond donors (Lipinski definition) is 0. The molecule has 1 aromatic heterocycles. The summed E-state index contributed by atoms with van der Waals surface area (Å²) in [5.74, 6) is 1.60. The molecular weight excluding hydrogens is 394 g/mol. The van der Waals surface area contributed by atoms with Gasteiger partial charge in [-0.25, -0.2) is 0 Å². The molecule has 0 radical (unpaired) electrons. The average Bonchev–Trinajstić information content (AvgIpc) is 3.05. The maximum atomic E-state index is 13.3. The Balaban J connectivity index is 1.80. The van der Waals surface area contributed by atoms with E-state index < -0.39 is 6.04 Å². The highest BCUT2D eigenvalue weighted by Crippen LogP contribution is 2.40. The molecule has 1 atom stereocenters. The summed E-state index contributed by atoms with van der Waals surface area (Å²) in [4.78, 5) is 28.1. The molecule has 162 valence electrons. The second-order valence-electron chi connectivity index (χ2n) is 8.11. The normalized spacial score (nSPS) is 15.6. The Bertz CT molecular complexity index is 1180. The van der Waals surface area contributed by atoms with E-state index >= 15 is 0 Å². The third-order valence-electron chi connectivity index (χ3n) is 5.67. The first-order valence-corrected chi connectivity index (χ1v) is 10.6. The van der Waals surface area contributed by atoms with Crippen LogP contribution in [0.1, 0.15) is 54.9 Å². The van der Waals surface area contributed by atoms with Crippen molar-refractivity contribution in [1.29, 1.82) is 0 Å². The number of fused-ring (bicyclic) bond motifs is 2. The van der Waals surface area contributed by atoms with Crippen LogP contribution in [0.5, 0.6) is 11.5 Å². The second-order valence-corrected chi connectivity index (χ2v) is 8.11. The van der Waals surface area contributed by atoms with Crippen molar-refractivity contribution in [2.24, 2.45) is 5.92 Å². The van der Waals surface area contributed by atoms with Crippen molar-refractivity contribution in [3.05, 3.63) is 69.6 Å². The molecule has 0 fully saturated rings. The fraction of sp³-hybridized carbons (Fsp3) is 0.360. The molecule has 0 bridgehead atoms. The monoisotopic (exact) mass is 421 g/mol. The first kappa shape index (κ1) is 21.0. The van der Waals surface area contributed by atoms with Gasteiger partial charge in [-0.05, 0) is 49.1 Å². The molecule has 0 N–H and O–H groups in total. The number of rotatable bonds is 7. The maximum Gasteiger partial charge on any atom is 0.290 e. The van der Waals surface area contributed by atoms with Crippen molar-refractivity contribution in [2.75, 3.05) is 20.3 Å². The number of benzene rings is 2. The van der Waals surface area contributed by atoms with E-state index in [1.165, 1.54) is 0 Å². The highest BCUT2D eigenvalue weighted by atomic mass is 16.5. The lowest BCUT2D eigenvalue weighted by Gasteiger charge is -2.24. The zero-order chi connectivity index (χ0) is 22.1. The number of methoxy groups -OCH3 is 1. The first-order valence-electron chi connectivity index (χ1n) is 10.6. The fourth-order valence-corrected chi connectivity index (χ4v) is 4.02. The average molecular weight is 421 g/mol. The minimum absolute atomic E-state index is 0.117. The number of hydrogen-bond acceptors (Lipinski definition) is 5. The van der Waals surface area contributed by atoms with Crippen molar-refractivity contribution >= 4 is 16.9 Å². The zero-order valence-electron chi connectivity index (χ0n) is 18.3. The Morgan fingerprint density at radius 2 is 1.87 bits per heavy atom. The van der Waals surface area contributed by atoms with E-state index in [9.17, 15) is 9.59 Å². The van der Waals surface area contributed by atoms with Crippen LogP contribution in [0.15, 0.2) is 51.7 Å². The number of para-hydroxylation sites is 1. The zero-order valence-corrected chi connectivity index (χ0v) is 18.3. The summed E-state index contributed by atoms with van der Waals surface area (Å²) in [6, 6.07) is 12.0. The molecule has 2 heterocycles. The Morgan fingerprint density at radius 1 is 1.10 bits per heavy atom. The summed E-state index contributed by atoms with van der Waals surface area (Å²) in [5, 5.41) is 0.470. The third-order valence-corrected chi connectivity index (χ3v) is 5.67. The maximum absolute atomic E-state index is 13.3. The van der Waals surface area contributed by atoms with Gasteiger partial charge >= 0.3 is 0 Å². The first-order chi connectivity index (χ1) is 15.0. The van der Waals surface area contributed by atoms with Crippen LogP contribution in [0.2, 0.25) is 0 Å². The third kappa shape index (κ3) is 3.67. The lowest BCUT2D eigenvalue weighted by Crippen LogP contribution is -2.29. The quantitative estimate of drug-likeness (QED) is 0.549. The van der Waals surface area contributed by atoms with E-state index in [1.54, 1.807) is 36.3 Å². The van der Waals surface area contributed by atoms with Gasteiger partial charge in [-0.2, -0.15) is 0 Å². The molecule has 4 rings (SSSR count). The Labute approximate surface area is 181 Å². The van der Waals surface area contributed by atoms with Crippen molar-refractivity contribution in [3.63, 3.8) is 0 Å². The molecule has 0 saturated carbocycles. The van der Waals surface area contributed by atoms with Crippen LogP contribution < -0.4 is 14.9 Å².